The lowest BCUT2D eigenvalue weighted by atomic mass is 9.93. The van der Waals surface area contributed by atoms with Gasteiger partial charge in [-0.1, -0.05) is 38.5 Å². The summed E-state index contributed by atoms with van der Waals surface area (Å²) in [6, 6.07) is 0.692. The van der Waals surface area contributed by atoms with Crippen molar-refractivity contribution in [3.63, 3.8) is 0 Å². The highest BCUT2D eigenvalue weighted by Gasteiger charge is 2.36. The van der Waals surface area contributed by atoms with Crippen molar-refractivity contribution in [3.05, 3.63) is 0 Å². The van der Waals surface area contributed by atoms with Gasteiger partial charge in [-0.25, -0.2) is 0 Å². The van der Waals surface area contributed by atoms with Crippen LogP contribution in [0.1, 0.15) is 64.2 Å². The third-order valence-corrected chi connectivity index (χ3v) is 8.79. The van der Waals surface area contributed by atoms with Gasteiger partial charge in [-0.05, 0) is 39.8 Å². The first-order valence-corrected chi connectivity index (χ1v) is 14.1. The number of rotatable bonds is 4. The number of carboxylic acids is 1. The molecule has 0 bridgehead atoms. The van der Waals surface area contributed by atoms with Gasteiger partial charge in [0.2, 0.25) is 0 Å². The molecule has 0 aromatic carbocycles. The Labute approximate surface area is 212 Å². The van der Waals surface area contributed by atoms with Crippen LogP contribution in [-0.2, 0) is 14.3 Å². The third-order valence-electron chi connectivity index (χ3n) is 8.79. The minimum atomic E-state index is -0.587. The largest absolute Gasteiger partial charge is 0.481 e. The van der Waals surface area contributed by atoms with Crippen molar-refractivity contribution in [2.45, 2.75) is 76.3 Å². The van der Waals surface area contributed by atoms with Crippen LogP contribution in [0.15, 0.2) is 0 Å². The predicted molar refractivity (Wildman–Crippen MR) is 139 cm³/mol. The van der Waals surface area contributed by atoms with Crippen LogP contribution >= 0.6 is 0 Å². The van der Waals surface area contributed by atoms with Gasteiger partial charge in [-0.15, -0.1) is 0 Å². The molecule has 0 spiro atoms. The van der Waals surface area contributed by atoms with Crippen LogP contribution in [0.5, 0.6) is 0 Å². The summed E-state index contributed by atoms with van der Waals surface area (Å²) in [5.41, 5.74) is 0. The average Bonchev–Trinajstić information content (AvgIpc) is 3.26. The Morgan fingerprint density at radius 2 is 1.03 bits per heavy atom. The van der Waals surface area contributed by atoms with Gasteiger partial charge in [-0.3, -0.25) is 19.4 Å². The zero-order valence-corrected chi connectivity index (χ0v) is 22.5. The highest BCUT2D eigenvalue weighted by atomic mass is 16.5. The lowest BCUT2D eigenvalue weighted by molar-refractivity contribution is -0.148. The van der Waals surface area contributed by atoms with Crippen LogP contribution in [0.25, 0.3) is 0 Å². The van der Waals surface area contributed by atoms with E-state index in [4.69, 9.17) is 4.74 Å². The van der Waals surface area contributed by atoms with Crippen LogP contribution in [-0.4, -0.2) is 122 Å². The van der Waals surface area contributed by atoms with Crippen molar-refractivity contribution >= 4 is 11.9 Å². The van der Waals surface area contributed by atoms with E-state index < -0.39 is 5.97 Å². The molecule has 2 saturated heterocycles. The molecule has 0 aromatic heterocycles. The number of carboxylic acid groups (broad SMARTS) is 1. The maximum atomic E-state index is 12.0. The molecule has 2 heterocycles. The van der Waals surface area contributed by atoms with E-state index in [1.54, 1.807) is 0 Å². The first kappa shape index (κ1) is 28.4. The van der Waals surface area contributed by atoms with Crippen molar-refractivity contribution in [2.75, 3.05) is 73.6 Å². The van der Waals surface area contributed by atoms with E-state index in [1.807, 2.05) is 0 Å². The van der Waals surface area contributed by atoms with E-state index in [9.17, 15) is 14.7 Å². The van der Waals surface area contributed by atoms with Gasteiger partial charge in [0.1, 0.15) is 0 Å². The number of carbonyl (C=O) groups excluding carboxylic acids is 1. The highest BCUT2D eigenvalue weighted by Crippen LogP contribution is 2.30. The maximum Gasteiger partial charge on any atom is 0.310 e. The van der Waals surface area contributed by atoms with Gasteiger partial charge in [0, 0.05) is 64.4 Å². The minimum absolute atomic E-state index is 0.000767. The fourth-order valence-electron chi connectivity index (χ4n) is 6.47. The Hall–Kier alpha value is -1.22. The van der Waals surface area contributed by atoms with Crippen LogP contribution in [0.3, 0.4) is 0 Å². The molecule has 4 aliphatic rings. The molecule has 1 N–H and O–H groups in total. The topological polar surface area (TPSA) is 76.6 Å². The molecule has 202 valence electrons. The molecule has 0 amide bonds. The summed E-state index contributed by atoms with van der Waals surface area (Å²) in [5.74, 6) is -0.626. The normalized spacial score (nSPS) is 32.5. The summed E-state index contributed by atoms with van der Waals surface area (Å²) in [5, 5.41) is 9.38. The summed E-state index contributed by atoms with van der Waals surface area (Å²) >= 11 is 0. The molecule has 8 nitrogen and oxygen atoms in total. The Bertz CT molecular complexity index is 647. The zero-order chi connectivity index (χ0) is 25.2. The summed E-state index contributed by atoms with van der Waals surface area (Å²) < 4.78 is 5.01. The number of carbonyl (C=O) groups is 2. The highest BCUT2D eigenvalue weighted by molar-refractivity contribution is 5.73. The standard InChI is InChI=1S/C14H26N2O2.C13H24N2O2/c1-15-8-10-16(11-9-15)13-7-5-3-4-6-12(13)14(17)18-2;1-14-7-9-15(10-8-14)12-6-4-2-3-5-11(12)13(16)17/h12-13H,3-11H2,1-2H3;11-12H,2-10H2,1H3,(H,16,17). The van der Waals surface area contributed by atoms with Crippen molar-refractivity contribution < 1.29 is 19.4 Å². The van der Waals surface area contributed by atoms with E-state index in [-0.39, 0.29) is 23.8 Å². The second-order valence-corrected chi connectivity index (χ2v) is 11.2. The molecule has 2 aliphatic carbocycles. The molecule has 2 saturated carbocycles. The molecular weight excluding hydrogens is 444 g/mol. The molecule has 0 radical (unpaired) electrons. The molecule has 35 heavy (non-hydrogen) atoms. The van der Waals surface area contributed by atoms with Crippen molar-refractivity contribution in [2.24, 2.45) is 11.8 Å². The minimum Gasteiger partial charge on any atom is -0.481 e. The van der Waals surface area contributed by atoms with Gasteiger partial charge in [0.25, 0.3) is 0 Å². The number of hydrogen-bond acceptors (Lipinski definition) is 7. The number of aliphatic carboxylic acids is 1. The van der Waals surface area contributed by atoms with E-state index in [1.165, 1.54) is 39.2 Å². The van der Waals surface area contributed by atoms with E-state index in [0.717, 1.165) is 84.5 Å². The second kappa shape index (κ2) is 14.5. The summed E-state index contributed by atoms with van der Waals surface area (Å²) in [6.45, 7) is 8.62. The first-order valence-electron chi connectivity index (χ1n) is 14.1. The predicted octanol–water partition coefficient (Wildman–Crippen LogP) is 2.62. The summed E-state index contributed by atoms with van der Waals surface area (Å²) in [7, 11) is 5.83. The summed E-state index contributed by atoms with van der Waals surface area (Å²) in [6.07, 6.45) is 11.3. The van der Waals surface area contributed by atoms with Gasteiger partial charge in [0.05, 0.1) is 18.9 Å². The molecule has 2 aliphatic heterocycles. The lowest BCUT2D eigenvalue weighted by Crippen LogP contribution is -2.52. The number of nitrogens with zero attached hydrogens (tertiary/aromatic N) is 4. The quantitative estimate of drug-likeness (QED) is 0.472. The van der Waals surface area contributed by atoms with E-state index >= 15 is 0 Å². The Morgan fingerprint density at radius 1 is 0.629 bits per heavy atom. The molecule has 4 unspecified atom stereocenters. The van der Waals surface area contributed by atoms with Crippen LogP contribution in [0.4, 0.5) is 0 Å². The smallest absolute Gasteiger partial charge is 0.310 e. The van der Waals surface area contributed by atoms with Gasteiger partial charge in [-0.2, -0.15) is 0 Å². The van der Waals surface area contributed by atoms with Crippen molar-refractivity contribution in [1.82, 2.24) is 19.6 Å². The van der Waals surface area contributed by atoms with E-state index in [0.29, 0.717) is 6.04 Å². The fourth-order valence-corrected chi connectivity index (χ4v) is 6.47. The van der Waals surface area contributed by atoms with Gasteiger partial charge in [0.15, 0.2) is 0 Å². The van der Waals surface area contributed by atoms with Gasteiger partial charge >= 0.3 is 11.9 Å². The lowest BCUT2D eigenvalue weighted by Gasteiger charge is -2.40. The number of likely N-dealkylation sites (N-methyl/N-ethyl adjacent to an activating group) is 2. The molecule has 0 aromatic rings. The zero-order valence-electron chi connectivity index (χ0n) is 22.5. The average molecular weight is 495 g/mol. The number of hydrogen-bond donors (Lipinski definition) is 1. The van der Waals surface area contributed by atoms with Crippen molar-refractivity contribution in [3.8, 4) is 0 Å². The second-order valence-electron chi connectivity index (χ2n) is 11.2. The Balaban J connectivity index is 0.000000196. The Kier molecular flexibility index (Phi) is 11.7. The molecule has 4 rings (SSSR count). The first-order chi connectivity index (χ1) is 16.9. The maximum absolute atomic E-state index is 12.0. The number of piperazine rings is 2. The third kappa shape index (κ3) is 8.41. The number of ether oxygens (including phenoxy) is 1. The fraction of sp³-hybridized carbons (Fsp3) is 0.926. The molecule has 4 atom stereocenters. The van der Waals surface area contributed by atoms with Crippen LogP contribution in [0, 0.1) is 11.8 Å². The van der Waals surface area contributed by atoms with Crippen LogP contribution in [0.2, 0.25) is 0 Å². The van der Waals surface area contributed by atoms with Crippen LogP contribution < -0.4 is 0 Å². The molecular formula is C27H50N4O4. The monoisotopic (exact) mass is 494 g/mol. The van der Waals surface area contributed by atoms with Crippen molar-refractivity contribution in [1.29, 1.82) is 0 Å². The van der Waals surface area contributed by atoms with E-state index in [2.05, 4.69) is 33.7 Å². The molecule has 4 fully saturated rings. The molecule has 8 heteroatoms. The number of methoxy groups -OCH3 is 1. The SMILES string of the molecule is CN1CCN(C2CCCCCC2C(=O)O)CC1.COC(=O)C1CCCCCC1N1CCN(C)CC1. The number of esters is 1. The Morgan fingerprint density at radius 3 is 1.46 bits per heavy atom. The van der Waals surface area contributed by atoms with Gasteiger partial charge < -0.3 is 19.6 Å². The summed E-state index contributed by atoms with van der Waals surface area (Å²) in [4.78, 5) is 33.0.